The van der Waals surface area contributed by atoms with E-state index in [1.54, 1.807) is 13.8 Å². The highest BCUT2D eigenvalue weighted by Crippen LogP contribution is 2.24. The van der Waals surface area contributed by atoms with Gasteiger partial charge in [-0.05, 0) is 51.7 Å². The maximum Gasteiger partial charge on any atom is 0.311 e. The van der Waals surface area contributed by atoms with Gasteiger partial charge < -0.3 is 14.3 Å². The Balaban J connectivity index is 0.000000759. The molecule has 1 aromatic rings. The number of carbonyl (C=O) groups is 4. The van der Waals surface area contributed by atoms with Gasteiger partial charge in [0.25, 0.3) is 0 Å². The third-order valence-corrected chi connectivity index (χ3v) is 5.12. The molecule has 0 aromatic heterocycles. The first-order chi connectivity index (χ1) is 14.4. The summed E-state index contributed by atoms with van der Waals surface area (Å²) >= 11 is 0. The largest absolute Gasteiger partial charge is 0.469 e. The molecule has 0 aliphatic carbocycles. The van der Waals surface area contributed by atoms with Crippen molar-refractivity contribution in [1.82, 2.24) is 0 Å². The van der Waals surface area contributed by atoms with E-state index in [1.807, 2.05) is 38.1 Å². The third-order valence-electron chi connectivity index (χ3n) is 5.12. The van der Waals surface area contributed by atoms with Crippen molar-refractivity contribution in [2.24, 2.45) is 10.8 Å². The highest BCUT2D eigenvalue weighted by atomic mass is 16.5. The lowest BCUT2D eigenvalue weighted by Crippen LogP contribution is -2.26. The van der Waals surface area contributed by atoms with Crippen LogP contribution in [0.5, 0.6) is 0 Å². The molecule has 0 amide bonds. The second-order valence-electron chi connectivity index (χ2n) is 8.90. The van der Waals surface area contributed by atoms with Crippen molar-refractivity contribution in [3.05, 3.63) is 35.4 Å². The zero-order valence-electron chi connectivity index (χ0n) is 20.1. The van der Waals surface area contributed by atoms with Crippen LogP contribution < -0.4 is 0 Å². The van der Waals surface area contributed by atoms with Gasteiger partial charge in [-0.3, -0.25) is 14.4 Å². The first-order valence-electron chi connectivity index (χ1n) is 10.6. The molecular formula is C25H38O6. The van der Waals surface area contributed by atoms with Crippen LogP contribution in [-0.4, -0.2) is 38.2 Å². The quantitative estimate of drug-likeness (QED) is 0.376. The van der Waals surface area contributed by atoms with Crippen LogP contribution in [0.1, 0.15) is 71.4 Å². The molecule has 0 heterocycles. The van der Waals surface area contributed by atoms with Crippen LogP contribution in [0.25, 0.3) is 0 Å². The van der Waals surface area contributed by atoms with Gasteiger partial charge in [0.05, 0.1) is 25.0 Å². The summed E-state index contributed by atoms with van der Waals surface area (Å²) in [5.74, 6) is -0.321. The lowest BCUT2D eigenvalue weighted by Gasteiger charge is -2.20. The molecule has 0 saturated heterocycles. The SMILES string of the molecule is CCCC(C)(C)C(=O)OC.COC(=O)C(C)(C)CCC(=O)Cc1ccc(CC=O)cc1. The minimum atomic E-state index is -0.641. The van der Waals surface area contributed by atoms with E-state index in [4.69, 9.17) is 4.74 Å². The zero-order chi connectivity index (χ0) is 24.1. The van der Waals surface area contributed by atoms with Crippen molar-refractivity contribution in [2.45, 2.75) is 73.1 Å². The molecule has 0 aliphatic rings. The van der Waals surface area contributed by atoms with Crippen molar-refractivity contribution < 1.29 is 28.7 Å². The third kappa shape index (κ3) is 10.9. The van der Waals surface area contributed by atoms with Gasteiger partial charge in [0.2, 0.25) is 0 Å². The Morgan fingerprint density at radius 2 is 1.29 bits per heavy atom. The van der Waals surface area contributed by atoms with Crippen LogP contribution in [-0.2, 0) is 41.5 Å². The number of benzene rings is 1. The number of Topliss-reactive ketones (excluding diaryl/α,β-unsaturated/α-hetero) is 1. The van der Waals surface area contributed by atoms with Crippen LogP contribution in [0.15, 0.2) is 24.3 Å². The Hall–Kier alpha value is -2.50. The summed E-state index contributed by atoms with van der Waals surface area (Å²) in [6.07, 6.45) is 4.32. The molecule has 0 radical (unpaired) electrons. The molecule has 6 heteroatoms. The molecule has 0 aliphatic heterocycles. The smallest absolute Gasteiger partial charge is 0.311 e. The molecule has 1 rings (SSSR count). The predicted octanol–water partition coefficient (Wildman–Crippen LogP) is 4.50. The standard InChI is InChI=1S/C17H22O4.C8H16O2/c1-17(2,16(20)21-3)10-8-15(19)12-14-6-4-13(5-7-14)9-11-18;1-5-6-8(2,3)7(9)10-4/h4-7,11H,8-10,12H2,1-3H3;5-6H2,1-4H3. The lowest BCUT2D eigenvalue weighted by molar-refractivity contribution is -0.152. The molecule has 1 aromatic carbocycles. The Morgan fingerprint density at radius 3 is 1.71 bits per heavy atom. The Kier molecular flexibility index (Phi) is 12.6. The van der Waals surface area contributed by atoms with Crippen LogP contribution in [0.3, 0.4) is 0 Å². The summed E-state index contributed by atoms with van der Waals surface area (Å²) < 4.78 is 9.35. The molecule has 0 unspecified atom stereocenters. The Morgan fingerprint density at radius 1 is 0.839 bits per heavy atom. The highest BCUT2D eigenvalue weighted by Gasteiger charge is 2.29. The summed E-state index contributed by atoms with van der Waals surface area (Å²) in [5, 5.41) is 0. The molecule has 0 fully saturated rings. The van der Waals surface area contributed by atoms with Gasteiger partial charge in [-0.25, -0.2) is 0 Å². The summed E-state index contributed by atoms with van der Waals surface area (Å²) in [4.78, 5) is 44.9. The fraction of sp³-hybridized carbons (Fsp3) is 0.600. The summed E-state index contributed by atoms with van der Waals surface area (Å²) in [6.45, 7) is 9.43. The van der Waals surface area contributed by atoms with Gasteiger partial charge >= 0.3 is 11.9 Å². The van der Waals surface area contributed by atoms with E-state index in [9.17, 15) is 19.2 Å². The fourth-order valence-electron chi connectivity index (χ4n) is 3.04. The average Bonchev–Trinajstić information content (AvgIpc) is 2.73. The first-order valence-corrected chi connectivity index (χ1v) is 10.6. The van der Waals surface area contributed by atoms with Gasteiger partial charge in [-0.1, -0.05) is 37.6 Å². The van der Waals surface area contributed by atoms with Gasteiger partial charge in [0, 0.05) is 19.3 Å². The molecule has 0 bridgehead atoms. The maximum atomic E-state index is 12.0. The molecule has 0 atom stereocenters. The van der Waals surface area contributed by atoms with Crippen molar-refractivity contribution in [3.63, 3.8) is 0 Å². The second kappa shape index (κ2) is 13.7. The van der Waals surface area contributed by atoms with Crippen molar-refractivity contribution in [1.29, 1.82) is 0 Å². The van der Waals surface area contributed by atoms with Crippen LogP contribution >= 0.6 is 0 Å². The number of methoxy groups -OCH3 is 2. The summed E-state index contributed by atoms with van der Waals surface area (Å²) in [7, 11) is 2.78. The number of esters is 2. The van der Waals surface area contributed by atoms with E-state index in [1.165, 1.54) is 14.2 Å². The van der Waals surface area contributed by atoms with Crippen molar-refractivity contribution in [2.75, 3.05) is 14.2 Å². The highest BCUT2D eigenvalue weighted by molar-refractivity contribution is 5.82. The molecule has 6 nitrogen and oxygen atoms in total. The fourth-order valence-corrected chi connectivity index (χ4v) is 3.04. The number of hydrogen-bond acceptors (Lipinski definition) is 6. The second-order valence-corrected chi connectivity index (χ2v) is 8.90. The van der Waals surface area contributed by atoms with Crippen LogP contribution in [0.4, 0.5) is 0 Å². The number of rotatable bonds is 11. The van der Waals surface area contributed by atoms with Crippen molar-refractivity contribution >= 4 is 24.0 Å². The predicted molar refractivity (Wildman–Crippen MR) is 121 cm³/mol. The minimum Gasteiger partial charge on any atom is -0.469 e. The average molecular weight is 435 g/mol. The Bertz CT molecular complexity index is 716. The van der Waals surface area contributed by atoms with Gasteiger partial charge in [0.1, 0.15) is 12.1 Å². The van der Waals surface area contributed by atoms with E-state index in [-0.39, 0.29) is 23.1 Å². The molecule has 31 heavy (non-hydrogen) atoms. The number of hydrogen-bond donors (Lipinski definition) is 0. The number of carbonyl (C=O) groups excluding carboxylic acids is 4. The number of aldehydes is 1. The molecule has 0 spiro atoms. The zero-order valence-corrected chi connectivity index (χ0v) is 20.1. The van der Waals surface area contributed by atoms with Crippen LogP contribution in [0.2, 0.25) is 0 Å². The molecule has 174 valence electrons. The van der Waals surface area contributed by atoms with Crippen LogP contribution in [0, 0.1) is 10.8 Å². The first kappa shape index (κ1) is 28.5. The normalized spacial score (nSPS) is 11.1. The summed E-state index contributed by atoms with van der Waals surface area (Å²) in [6, 6.07) is 7.44. The maximum absolute atomic E-state index is 12.0. The van der Waals surface area contributed by atoms with Gasteiger partial charge in [-0.2, -0.15) is 0 Å². The van der Waals surface area contributed by atoms with E-state index in [0.29, 0.717) is 25.7 Å². The number of ketones is 1. The van der Waals surface area contributed by atoms with E-state index in [2.05, 4.69) is 11.7 Å². The van der Waals surface area contributed by atoms with Gasteiger partial charge in [-0.15, -0.1) is 0 Å². The van der Waals surface area contributed by atoms with E-state index < -0.39 is 5.41 Å². The van der Waals surface area contributed by atoms with Crippen molar-refractivity contribution in [3.8, 4) is 0 Å². The Labute approximate surface area is 186 Å². The van der Waals surface area contributed by atoms with Gasteiger partial charge in [0.15, 0.2) is 0 Å². The monoisotopic (exact) mass is 434 g/mol. The topological polar surface area (TPSA) is 86.7 Å². The summed E-state index contributed by atoms with van der Waals surface area (Å²) in [5.41, 5.74) is 0.917. The van der Waals surface area contributed by atoms with E-state index in [0.717, 1.165) is 30.3 Å². The lowest BCUT2D eigenvalue weighted by atomic mass is 9.86. The molecule has 0 saturated carbocycles. The molecule has 0 N–H and O–H groups in total. The minimum absolute atomic E-state index is 0.0927. The molecular weight excluding hydrogens is 396 g/mol. The van der Waals surface area contributed by atoms with E-state index >= 15 is 0 Å². The number of ether oxygens (including phenoxy) is 2.